The number of likely N-dealkylation sites (tertiary alicyclic amines) is 1. The maximum absolute atomic E-state index is 12.6. The summed E-state index contributed by atoms with van der Waals surface area (Å²) < 4.78 is 1.10. The van der Waals surface area contributed by atoms with Gasteiger partial charge in [0.15, 0.2) is 5.13 Å². The summed E-state index contributed by atoms with van der Waals surface area (Å²) in [5.74, 6) is 0.0227. The van der Waals surface area contributed by atoms with Crippen LogP contribution in [-0.2, 0) is 0 Å². The van der Waals surface area contributed by atoms with Gasteiger partial charge in [-0.3, -0.25) is 9.69 Å². The molecule has 2 fully saturated rings. The molecule has 3 heterocycles. The summed E-state index contributed by atoms with van der Waals surface area (Å²) >= 11 is 1.71. The summed E-state index contributed by atoms with van der Waals surface area (Å²) in [5, 5.41) is 4.19. The second-order valence-corrected chi connectivity index (χ2v) is 8.87. The quantitative estimate of drug-likeness (QED) is 0.847. The van der Waals surface area contributed by atoms with E-state index in [2.05, 4.69) is 22.0 Å². The minimum atomic E-state index is 0.0227. The van der Waals surface area contributed by atoms with Crippen molar-refractivity contribution in [2.75, 3.05) is 37.6 Å². The number of fused-ring (bicyclic) bond motifs is 1. The van der Waals surface area contributed by atoms with Crippen LogP contribution in [0.2, 0.25) is 0 Å². The molecule has 4 rings (SSSR count). The Balaban J connectivity index is 1.36. The Kier molecular flexibility index (Phi) is 5.93. The number of hydrogen-bond donors (Lipinski definition) is 1. The van der Waals surface area contributed by atoms with E-state index < -0.39 is 0 Å². The van der Waals surface area contributed by atoms with E-state index in [1.807, 2.05) is 18.2 Å². The van der Waals surface area contributed by atoms with Crippen LogP contribution in [-0.4, -0.2) is 54.6 Å². The number of carbonyl (C=O) groups is 1. The monoisotopic (exact) mass is 386 g/mol. The lowest BCUT2D eigenvalue weighted by Crippen LogP contribution is -2.42. The lowest BCUT2D eigenvalue weighted by Gasteiger charge is -2.33. The normalized spacial score (nSPS) is 21.5. The van der Waals surface area contributed by atoms with E-state index in [1.54, 1.807) is 11.3 Å². The largest absolute Gasteiger partial charge is 0.351 e. The van der Waals surface area contributed by atoms with Gasteiger partial charge >= 0.3 is 0 Å². The molecule has 146 valence electrons. The molecule has 0 spiro atoms. The number of nitrogens with zero attached hydrogens (tertiary/aromatic N) is 3. The van der Waals surface area contributed by atoms with Gasteiger partial charge in [-0.15, -0.1) is 0 Å². The van der Waals surface area contributed by atoms with Gasteiger partial charge in [-0.05, 0) is 63.8 Å². The van der Waals surface area contributed by atoms with Crippen molar-refractivity contribution in [3.05, 3.63) is 23.8 Å². The van der Waals surface area contributed by atoms with Crippen LogP contribution in [0.25, 0.3) is 10.2 Å². The molecular weight excluding hydrogens is 356 g/mol. The summed E-state index contributed by atoms with van der Waals surface area (Å²) in [6.45, 7) is 7.30. The molecule has 1 atom stereocenters. The Morgan fingerprint density at radius 1 is 1.19 bits per heavy atom. The minimum Gasteiger partial charge on any atom is -0.351 e. The molecule has 2 aliphatic heterocycles. The van der Waals surface area contributed by atoms with E-state index >= 15 is 0 Å². The first-order valence-electron chi connectivity index (χ1n) is 10.4. The number of nitrogens with one attached hydrogen (secondary N) is 1. The SMILES string of the molecule is C[C@H]1CCCCN1CCNC(=O)c1ccc2nc(N3CCCCC3)sc2c1. The average molecular weight is 387 g/mol. The van der Waals surface area contributed by atoms with E-state index in [0.717, 1.165) is 47.1 Å². The molecule has 1 N–H and O–H groups in total. The minimum absolute atomic E-state index is 0.0227. The Bertz CT molecular complexity index is 784. The van der Waals surface area contributed by atoms with Gasteiger partial charge in [0.25, 0.3) is 5.91 Å². The number of hydrogen-bond acceptors (Lipinski definition) is 5. The predicted molar refractivity (Wildman–Crippen MR) is 113 cm³/mol. The molecule has 0 aliphatic carbocycles. The smallest absolute Gasteiger partial charge is 0.251 e. The molecule has 0 saturated carbocycles. The molecule has 0 radical (unpaired) electrons. The Labute approximate surface area is 165 Å². The Morgan fingerprint density at radius 2 is 2.00 bits per heavy atom. The van der Waals surface area contributed by atoms with Crippen molar-refractivity contribution < 1.29 is 4.79 Å². The lowest BCUT2D eigenvalue weighted by molar-refractivity contribution is 0.0938. The van der Waals surface area contributed by atoms with Gasteiger partial charge in [-0.1, -0.05) is 17.8 Å². The number of thiazole rings is 1. The zero-order valence-electron chi connectivity index (χ0n) is 16.2. The number of aromatic nitrogens is 1. The van der Waals surface area contributed by atoms with Gasteiger partial charge < -0.3 is 10.2 Å². The number of anilines is 1. The highest BCUT2D eigenvalue weighted by molar-refractivity contribution is 7.22. The van der Waals surface area contributed by atoms with Gasteiger partial charge in [0.1, 0.15) is 0 Å². The first-order chi connectivity index (χ1) is 13.2. The van der Waals surface area contributed by atoms with E-state index in [-0.39, 0.29) is 5.91 Å². The molecule has 2 aromatic rings. The third-order valence-corrected chi connectivity index (χ3v) is 6.97. The first kappa shape index (κ1) is 18.7. The standard InChI is InChI=1S/C21H30N4OS/c1-16-7-3-6-11-24(16)14-10-22-20(26)17-8-9-18-19(15-17)27-21(23-18)25-12-4-2-5-13-25/h8-9,15-16H,2-7,10-14H2,1H3,(H,22,26)/t16-/m0/s1. The molecule has 2 aliphatic rings. The summed E-state index contributed by atoms with van der Waals surface area (Å²) in [6.07, 6.45) is 7.70. The molecule has 0 bridgehead atoms. The number of carbonyl (C=O) groups excluding carboxylic acids is 1. The van der Waals surface area contributed by atoms with Crippen LogP contribution in [0, 0.1) is 0 Å². The molecule has 5 nitrogen and oxygen atoms in total. The maximum Gasteiger partial charge on any atom is 0.251 e. The van der Waals surface area contributed by atoms with Crippen molar-refractivity contribution >= 4 is 32.6 Å². The highest BCUT2D eigenvalue weighted by atomic mass is 32.1. The summed E-state index contributed by atoms with van der Waals surface area (Å²) in [5.41, 5.74) is 1.74. The molecule has 1 amide bonds. The zero-order chi connectivity index (χ0) is 18.6. The molecule has 2 saturated heterocycles. The number of piperidine rings is 2. The van der Waals surface area contributed by atoms with Crippen molar-refractivity contribution in [2.24, 2.45) is 0 Å². The molecule has 27 heavy (non-hydrogen) atoms. The second-order valence-electron chi connectivity index (χ2n) is 7.86. The van der Waals surface area contributed by atoms with Crippen molar-refractivity contribution in [1.29, 1.82) is 0 Å². The summed E-state index contributed by atoms with van der Waals surface area (Å²) in [4.78, 5) is 22.2. The van der Waals surface area contributed by atoms with Crippen LogP contribution < -0.4 is 10.2 Å². The molecule has 6 heteroatoms. The predicted octanol–water partition coefficient (Wildman–Crippen LogP) is 3.89. The maximum atomic E-state index is 12.6. The Morgan fingerprint density at radius 3 is 2.81 bits per heavy atom. The molecule has 1 aromatic heterocycles. The van der Waals surface area contributed by atoms with Crippen molar-refractivity contribution in [3.8, 4) is 0 Å². The highest BCUT2D eigenvalue weighted by Crippen LogP contribution is 2.31. The van der Waals surface area contributed by atoms with Crippen LogP contribution in [0.3, 0.4) is 0 Å². The first-order valence-corrected chi connectivity index (χ1v) is 11.2. The second kappa shape index (κ2) is 8.57. The average Bonchev–Trinajstić information content (AvgIpc) is 3.13. The summed E-state index contributed by atoms with van der Waals surface area (Å²) in [6, 6.07) is 6.53. The molecule has 0 unspecified atom stereocenters. The third-order valence-electron chi connectivity index (χ3n) is 5.89. The van der Waals surface area contributed by atoms with Gasteiger partial charge in [-0.25, -0.2) is 4.98 Å². The van der Waals surface area contributed by atoms with Gasteiger partial charge in [-0.2, -0.15) is 0 Å². The van der Waals surface area contributed by atoms with E-state index in [0.29, 0.717) is 12.6 Å². The van der Waals surface area contributed by atoms with Crippen LogP contribution in [0.15, 0.2) is 18.2 Å². The summed E-state index contributed by atoms with van der Waals surface area (Å²) in [7, 11) is 0. The number of rotatable bonds is 5. The van der Waals surface area contributed by atoms with Crippen LogP contribution >= 0.6 is 11.3 Å². The van der Waals surface area contributed by atoms with Gasteiger partial charge in [0.05, 0.1) is 10.2 Å². The van der Waals surface area contributed by atoms with Gasteiger partial charge in [0.2, 0.25) is 0 Å². The zero-order valence-corrected chi connectivity index (χ0v) is 17.1. The molecular formula is C21H30N4OS. The fourth-order valence-corrected chi connectivity index (χ4v) is 5.24. The fourth-order valence-electron chi connectivity index (χ4n) is 4.18. The van der Waals surface area contributed by atoms with Crippen molar-refractivity contribution in [3.63, 3.8) is 0 Å². The van der Waals surface area contributed by atoms with Crippen molar-refractivity contribution in [2.45, 2.75) is 51.5 Å². The molecule has 1 aromatic carbocycles. The van der Waals surface area contributed by atoms with Crippen LogP contribution in [0.4, 0.5) is 5.13 Å². The fraction of sp³-hybridized carbons (Fsp3) is 0.619. The van der Waals surface area contributed by atoms with E-state index in [4.69, 9.17) is 4.98 Å². The Hall–Kier alpha value is -1.66. The number of amides is 1. The van der Waals surface area contributed by atoms with Crippen molar-refractivity contribution in [1.82, 2.24) is 15.2 Å². The topological polar surface area (TPSA) is 48.5 Å². The van der Waals surface area contributed by atoms with E-state index in [9.17, 15) is 4.79 Å². The lowest BCUT2D eigenvalue weighted by atomic mass is 10.0. The van der Waals surface area contributed by atoms with Crippen LogP contribution in [0.1, 0.15) is 55.8 Å². The number of benzene rings is 1. The third kappa shape index (κ3) is 4.43. The van der Waals surface area contributed by atoms with Crippen LogP contribution in [0.5, 0.6) is 0 Å². The highest BCUT2D eigenvalue weighted by Gasteiger charge is 2.18. The van der Waals surface area contributed by atoms with Gasteiger partial charge in [0, 0.05) is 37.8 Å². The van der Waals surface area contributed by atoms with E-state index in [1.165, 1.54) is 38.5 Å².